The fraction of sp³-hybridized carbons (Fsp3) is 0.227. The summed E-state index contributed by atoms with van der Waals surface area (Å²) in [7, 11) is 1.97. The van der Waals surface area contributed by atoms with Crippen LogP contribution < -0.4 is 10.2 Å². The Hall–Kier alpha value is -3.32. The largest absolute Gasteiger partial charge is 0.364 e. The van der Waals surface area contributed by atoms with Gasteiger partial charge in [-0.25, -0.2) is 4.68 Å². The van der Waals surface area contributed by atoms with Crippen molar-refractivity contribution >= 4 is 34.1 Å². The highest BCUT2D eigenvalue weighted by Crippen LogP contribution is 2.28. The molecule has 1 aliphatic heterocycles. The maximum absolute atomic E-state index is 12.8. The molecule has 0 bridgehead atoms. The quantitative estimate of drug-likeness (QED) is 0.549. The molecule has 0 unspecified atom stereocenters. The minimum atomic E-state index is -0.0868. The Bertz CT molecular complexity index is 1230. The zero-order chi connectivity index (χ0) is 20.7. The third-order valence-electron chi connectivity index (χ3n) is 5.58. The highest BCUT2D eigenvalue weighted by atomic mass is 35.5. The number of hydrogen-bond donors (Lipinski definition) is 1. The van der Waals surface area contributed by atoms with Gasteiger partial charge < -0.3 is 14.8 Å². The van der Waals surface area contributed by atoms with Crippen molar-refractivity contribution in [3.05, 3.63) is 76.7 Å². The van der Waals surface area contributed by atoms with Gasteiger partial charge in [-0.2, -0.15) is 0 Å². The summed E-state index contributed by atoms with van der Waals surface area (Å²) < 4.78 is 3.95. The molecule has 0 saturated carbocycles. The summed E-state index contributed by atoms with van der Waals surface area (Å²) in [5.74, 6) is -0.0868. The van der Waals surface area contributed by atoms with Crippen LogP contribution in [0.2, 0.25) is 5.02 Å². The van der Waals surface area contributed by atoms with Crippen molar-refractivity contribution in [2.45, 2.75) is 19.6 Å². The highest BCUT2D eigenvalue weighted by molar-refractivity contribution is 6.30. The van der Waals surface area contributed by atoms with E-state index in [1.165, 1.54) is 0 Å². The summed E-state index contributed by atoms with van der Waals surface area (Å²) in [5.41, 5.74) is 4.95. The second-order valence-corrected chi connectivity index (χ2v) is 7.97. The van der Waals surface area contributed by atoms with E-state index < -0.39 is 0 Å². The van der Waals surface area contributed by atoms with Crippen LogP contribution in [0.3, 0.4) is 0 Å². The monoisotopic (exact) mass is 420 g/mol. The number of rotatable bonds is 4. The lowest BCUT2D eigenvalue weighted by molar-refractivity contribution is 0.0952. The molecule has 0 fully saturated rings. The van der Waals surface area contributed by atoms with Crippen molar-refractivity contribution in [3.8, 4) is 0 Å². The van der Waals surface area contributed by atoms with Crippen LogP contribution in [0.15, 0.2) is 54.9 Å². The smallest absolute Gasteiger partial charge is 0.253 e. The normalized spacial score (nSPS) is 13.5. The Morgan fingerprint density at radius 2 is 2.00 bits per heavy atom. The van der Waals surface area contributed by atoms with Gasteiger partial charge in [-0.3, -0.25) is 4.79 Å². The van der Waals surface area contributed by atoms with Crippen molar-refractivity contribution in [2.24, 2.45) is 7.05 Å². The molecule has 0 saturated heterocycles. The predicted molar refractivity (Wildman–Crippen MR) is 117 cm³/mol. The fourth-order valence-electron chi connectivity index (χ4n) is 3.93. The van der Waals surface area contributed by atoms with Crippen LogP contribution in [-0.4, -0.2) is 32.0 Å². The van der Waals surface area contributed by atoms with E-state index in [0.717, 1.165) is 47.5 Å². The maximum Gasteiger partial charge on any atom is 0.253 e. The standard InChI is InChI=1S/C22H21ClN6O/c1-27-14-20(22(30)24-11-15-2-4-16(23)5-3-15)19-7-6-17(10-21(19)27)28-8-9-29-18(13-28)12-25-26-29/h2-7,10,12,14H,8-9,11,13H2,1H3,(H,24,30). The van der Waals surface area contributed by atoms with Crippen molar-refractivity contribution in [3.63, 3.8) is 0 Å². The third-order valence-corrected chi connectivity index (χ3v) is 5.83. The summed E-state index contributed by atoms with van der Waals surface area (Å²) >= 11 is 5.93. The minimum Gasteiger partial charge on any atom is -0.364 e. The molecule has 0 radical (unpaired) electrons. The van der Waals surface area contributed by atoms with Gasteiger partial charge in [-0.05, 0) is 35.9 Å². The summed E-state index contributed by atoms with van der Waals surface area (Å²) in [6.07, 6.45) is 3.71. The van der Waals surface area contributed by atoms with Crippen LogP contribution in [0.1, 0.15) is 21.6 Å². The molecular formula is C22H21ClN6O. The number of aromatic nitrogens is 4. The van der Waals surface area contributed by atoms with Crippen molar-refractivity contribution in [1.82, 2.24) is 24.9 Å². The molecule has 1 amide bonds. The van der Waals surface area contributed by atoms with E-state index in [2.05, 4.69) is 32.7 Å². The zero-order valence-electron chi connectivity index (χ0n) is 16.5. The molecule has 3 heterocycles. The molecule has 0 atom stereocenters. The average molecular weight is 421 g/mol. The van der Waals surface area contributed by atoms with E-state index in [1.807, 2.05) is 59.0 Å². The van der Waals surface area contributed by atoms with Gasteiger partial charge in [0.25, 0.3) is 5.91 Å². The van der Waals surface area contributed by atoms with Gasteiger partial charge in [-0.15, -0.1) is 5.10 Å². The van der Waals surface area contributed by atoms with E-state index in [-0.39, 0.29) is 5.91 Å². The number of halogens is 1. The van der Waals surface area contributed by atoms with E-state index in [1.54, 1.807) is 0 Å². The van der Waals surface area contributed by atoms with Crippen LogP contribution in [-0.2, 0) is 26.7 Å². The molecule has 2 aromatic heterocycles. The number of nitrogens with one attached hydrogen (secondary N) is 1. The summed E-state index contributed by atoms with van der Waals surface area (Å²) in [6, 6.07) is 13.7. The first-order chi connectivity index (χ1) is 14.6. The van der Waals surface area contributed by atoms with Crippen LogP contribution in [0.4, 0.5) is 5.69 Å². The molecule has 30 heavy (non-hydrogen) atoms. The molecule has 5 rings (SSSR count). The van der Waals surface area contributed by atoms with E-state index in [9.17, 15) is 4.79 Å². The Kier molecular flexibility index (Phi) is 4.67. The van der Waals surface area contributed by atoms with E-state index in [4.69, 9.17) is 11.6 Å². The SMILES string of the molecule is Cn1cc(C(=O)NCc2ccc(Cl)cc2)c2ccc(N3CCn4nncc4C3)cc21. The molecule has 8 heteroatoms. The van der Waals surface area contributed by atoms with Gasteiger partial charge in [0.2, 0.25) is 0 Å². The molecule has 152 valence electrons. The maximum atomic E-state index is 12.8. The Labute approximate surface area is 178 Å². The molecule has 0 spiro atoms. The number of hydrogen-bond acceptors (Lipinski definition) is 4. The van der Waals surface area contributed by atoms with Gasteiger partial charge in [0.15, 0.2) is 0 Å². The Morgan fingerprint density at radius 3 is 2.83 bits per heavy atom. The topological polar surface area (TPSA) is 68.0 Å². The average Bonchev–Trinajstić information content (AvgIpc) is 3.37. The summed E-state index contributed by atoms with van der Waals surface area (Å²) in [5, 5.41) is 12.7. The second kappa shape index (κ2) is 7.50. The van der Waals surface area contributed by atoms with Gasteiger partial charge in [0.05, 0.1) is 36.1 Å². The molecule has 2 aromatic carbocycles. The first-order valence-electron chi connectivity index (χ1n) is 9.82. The van der Waals surface area contributed by atoms with Crippen LogP contribution in [0.5, 0.6) is 0 Å². The number of nitrogens with zero attached hydrogens (tertiary/aromatic N) is 5. The number of carbonyl (C=O) groups excluding carboxylic acids is 1. The van der Waals surface area contributed by atoms with E-state index >= 15 is 0 Å². The number of anilines is 1. The van der Waals surface area contributed by atoms with Crippen molar-refractivity contribution in [2.75, 3.05) is 11.4 Å². The van der Waals surface area contributed by atoms with Gasteiger partial charge in [0, 0.05) is 42.4 Å². The van der Waals surface area contributed by atoms with Gasteiger partial charge >= 0.3 is 0 Å². The van der Waals surface area contributed by atoms with Crippen molar-refractivity contribution < 1.29 is 4.79 Å². The first-order valence-corrected chi connectivity index (χ1v) is 10.2. The van der Waals surface area contributed by atoms with Crippen LogP contribution in [0, 0.1) is 0 Å². The third kappa shape index (κ3) is 3.41. The Morgan fingerprint density at radius 1 is 1.17 bits per heavy atom. The minimum absolute atomic E-state index is 0.0868. The van der Waals surface area contributed by atoms with Gasteiger partial charge in [0.1, 0.15) is 0 Å². The second-order valence-electron chi connectivity index (χ2n) is 7.53. The Balaban J connectivity index is 1.37. The molecular weight excluding hydrogens is 400 g/mol. The zero-order valence-corrected chi connectivity index (χ0v) is 17.3. The molecule has 1 N–H and O–H groups in total. The number of carbonyl (C=O) groups is 1. The predicted octanol–water partition coefficient (Wildman–Crippen LogP) is 3.37. The number of amides is 1. The summed E-state index contributed by atoms with van der Waals surface area (Å²) in [6.45, 7) is 2.93. The molecule has 0 aliphatic carbocycles. The first kappa shape index (κ1) is 18.7. The van der Waals surface area contributed by atoms with Crippen molar-refractivity contribution in [1.29, 1.82) is 0 Å². The molecule has 7 nitrogen and oxygen atoms in total. The molecule has 1 aliphatic rings. The van der Waals surface area contributed by atoms with E-state index in [0.29, 0.717) is 17.1 Å². The fourth-order valence-corrected chi connectivity index (χ4v) is 4.06. The highest BCUT2D eigenvalue weighted by Gasteiger charge is 2.19. The lowest BCUT2D eigenvalue weighted by Gasteiger charge is -2.29. The summed E-state index contributed by atoms with van der Waals surface area (Å²) in [4.78, 5) is 15.1. The van der Waals surface area contributed by atoms with Gasteiger partial charge in [-0.1, -0.05) is 28.9 Å². The number of benzene rings is 2. The lowest BCUT2D eigenvalue weighted by Crippen LogP contribution is -2.33. The van der Waals surface area contributed by atoms with Crippen LogP contribution in [0.25, 0.3) is 10.9 Å². The molecule has 4 aromatic rings. The number of aryl methyl sites for hydroxylation is 1. The lowest BCUT2D eigenvalue weighted by atomic mass is 10.1. The van der Waals surface area contributed by atoms with Crippen LogP contribution >= 0.6 is 11.6 Å². The number of fused-ring (bicyclic) bond motifs is 2.